The van der Waals surface area contributed by atoms with Gasteiger partial charge in [-0.1, -0.05) is 72.3 Å². The summed E-state index contributed by atoms with van der Waals surface area (Å²) in [5.74, 6) is 0.0969. The molecule has 0 saturated carbocycles. The van der Waals surface area contributed by atoms with Crippen molar-refractivity contribution >= 4 is 23.4 Å². The minimum atomic E-state index is -0.720. The Hall–Kier alpha value is -3.35. The molecule has 0 spiro atoms. The quantitative estimate of drug-likeness (QED) is 0.355. The third-order valence-corrected chi connectivity index (χ3v) is 5.72. The van der Waals surface area contributed by atoms with Gasteiger partial charge >= 0.3 is 0 Å². The molecule has 184 valence electrons. The summed E-state index contributed by atoms with van der Waals surface area (Å²) in [6.07, 6.45) is 1.06. The van der Waals surface area contributed by atoms with Gasteiger partial charge in [0, 0.05) is 38.2 Å². The Morgan fingerprint density at radius 1 is 0.914 bits per heavy atom. The third kappa shape index (κ3) is 8.74. The van der Waals surface area contributed by atoms with Crippen LogP contribution in [0.4, 0.5) is 0 Å². The number of nitrogens with one attached hydrogen (secondary N) is 1. The van der Waals surface area contributed by atoms with Gasteiger partial charge in [-0.3, -0.25) is 9.59 Å². The maximum Gasteiger partial charge on any atom is 0.261 e. The number of methoxy groups -OCH3 is 1. The van der Waals surface area contributed by atoms with Crippen molar-refractivity contribution in [1.82, 2.24) is 10.2 Å². The van der Waals surface area contributed by atoms with Crippen LogP contribution in [-0.4, -0.2) is 49.6 Å². The van der Waals surface area contributed by atoms with Crippen LogP contribution < -0.4 is 10.1 Å². The van der Waals surface area contributed by atoms with Gasteiger partial charge in [0.1, 0.15) is 11.8 Å². The summed E-state index contributed by atoms with van der Waals surface area (Å²) in [5.41, 5.74) is 1.83. The second-order valence-electron chi connectivity index (χ2n) is 8.09. The molecular formula is C28H31ClN2O4. The van der Waals surface area contributed by atoms with Gasteiger partial charge < -0.3 is 19.7 Å². The van der Waals surface area contributed by atoms with Crippen LogP contribution in [0.3, 0.4) is 0 Å². The van der Waals surface area contributed by atoms with E-state index in [2.05, 4.69) is 5.32 Å². The van der Waals surface area contributed by atoms with Crippen LogP contribution in [0.15, 0.2) is 84.9 Å². The number of hydrogen-bond donors (Lipinski definition) is 1. The molecule has 1 atom stereocenters. The molecule has 0 aliphatic carbocycles. The molecule has 0 fully saturated rings. The van der Waals surface area contributed by atoms with Crippen molar-refractivity contribution in [3.8, 4) is 5.75 Å². The fourth-order valence-electron chi connectivity index (χ4n) is 3.63. The van der Waals surface area contributed by atoms with Gasteiger partial charge in [0.25, 0.3) is 5.91 Å². The zero-order valence-electron chi connectivity index (χ0n) is 19.9. The largest absolute Gasteiger partial charge is 0.484 e. The van der Waals surface area contributed by atoms with Crippen LogP contribution >= 0.6 is 11.6 Å². The maximum atomic E-state index is 13.5. The lowest BCUT2D eigenvalue weighted by atomic mass is 10.0. The molecule has 0 aliphatic rings. The van der Waals surface area contributed by atoms with E-state index in [4.69, 9.17) is 21.1 Å². The van der Waals surface area contributed by atoms with E-state index in [-0.39, 0.29) is 25.0 Å². The molecule has 0 saturated heterocycles. The van der Waals surface area contributed by atoms with E-state index in [1.807, 2.05) is 60.7 Å². The Morgan fingerprint density at radius 3 is 2.23 bits per heavy atom. The number of carbonyl (C=O) groups excluding carboxylic acids is 2. The maximum absolute atomic E-state index is 13.5. The zero-order valence-corrected chi connectivity index (χ0v) is 20.6. The average Bonchev–Trinajstić information content (AvgIpc) is 2.89. The smallest absolute Gasteiger partial charge is 0.261 e. The van der Waals surface area contributed by atoms with Gasteiger partial charge in [-0.2, -0.15) is 0 Å². The van der Waals surface area contributed by atoms with Crippen LogP contribution in [-0.2, 0) is 27.3 Å². The Balaban J connectivity index is 1.85. The molecule has 0 heterocycles. The number of para-hydroxylation sites is 1. The highest BCUT2D eigenvalue weighted by Crippen LogP contribution is 2.17. The first-order valence-corrected chi connectivity index (χ1v) is 12.0. The average molecular weight is 495 g/mol. The summed E-state index contributed by atoms with van der Waals surface area (Å²) in [6.45, 7) is 1.07. The molecule has 2 amide bonds. The second-order valence-corrected chi connectivity index (χ2v) is 8.53. The Morgan fingerprint density at radius 2 is 1.57 bits per heavy atom. The topological polar surface area (TPSA) is 67.9 Å². The molecule has 7 heteroatoms. The summed E-state index contributed by atoms with van der Waals surface area (Å²) in [7, 11) is 1.62. The van der Waals surface area contributed by atoms with Crippen molar-refractivity contribution in [2.45, 2.75) is 25.4 Å². The molecular weight excluding hydrogens is 464 g/mol. The number of halogens is 1. The predicted molar refractivity (Wildman–Crippen MR) is 137 cm³/mol. The standard InChI is InChI=1S/C28H31ClN2O4/c1-34-18-8-17-30-28(33)26(19-22-9-4-2-5-10-22)31(20-23-13-15-24(29)16-14-23)27(32)21-35-25-11-6-3-7-12-25/h2-7,9-16,26H,8,17-21H2,1H3,(H,30,33)/t26-/m1/s1. The third-order valence-electron chi connectivity index (χ3n) is 5.47. The van der Waals surface area contributed by atoms with Gasteiger partial charge in [0.15, 0.2) is 6.61 Å². The van der Waals surface area contributed by atoms with Crippen molar-refractivity contribution in [3.05, 3.63) is 101 Å². The zero-order chi connectivity index (χ0) is 24.9. The first kappa shape index (κ1) is 26.3. The number of benzene rings is 3. The highest BCUT2D eigenvalue weighted by molar-refractivity contribution is 6.30. The first-order chi connectivity index (χ1) is 17.1. The molecule has 3 aromatic carbocycles. The lowest BCUT2D eigenvalue weighted by molar-refractivity contribution is -0.142. The fraction of sp³-hybridized carbons (Fsp3) is 0.286. The molecule has 1 N–H and O–H groups in total. The van der Waals surface area contributed by atoms with Gasteiger partial charge in [-0.05, 0) is 41.8 Å². The van der Waals surface area contributed by atoms with Gasteiger partial charge in [0.05, 0.1) is 0 Å². The van der Waals surface area contributed by atoms with Crippen molar-refractivity contribution in [1.29, 1.82) is 0 Å². The molecule has 3 rings (SSSR count). The SMILES string of the molecule is COCCCNC(=O)[C@@H](Cc1ccccc1)N(Cc1ccc(Cl)cc1)C(=O)COc1ccccc1. The minimum absolute atomic E-state index is 0.181. The monoisotopic (exact) mass is 494 g/mol. The summed E-state index contributed by atoms with van der Waals surface area (Å²) in [5, 5.41) is 3.57. The molecule has 0 aromatic heterocycles. The highest BCUT2D eigenvalue weighted by atomic mass is 35.5. The summed E-state index contributed by atoms with van der Waals surface area (Å²) in [4.78, 5) is 28.4. The predicted octanol–water partition coefficient (Wildman–Crippen LogP) is 4.51. The lowest BCUT2D eigenvalue weighted by Crippen LogP contribution is -2.51. The number of nitrogens with zero attached hydrogens (tertiary/aromatic N) is 1. The molecule has 0 radical (unpaired) electrons. The van der Waals surface area contributed by atoms with Gasteiger partial charge in [-0.25, -0.2) is 0 Å². The summed E-state index contributed by atoms with van der Waals surface area (Å²) >= 11 is 6.06. The fourth-order valence-corrected chi connectivity index (χ4v) is 3.76. The van der Waals surface area contributed by atoms with Crippen LogP contribution in [0, 0.1) is 0 Å². The number of ether oxygens (including phenoxy) is 2. The van der Waals surface area contributed by atoms with Crippen molar-refractivity contribution < 1.29 is 19.1 Å². The summed E-state index contributed by atoms with van der Waals surface area (Å²) < 4.78 is 10.8. The van der Waals surface area contributed by atoms with E-state index in [1.54, 1.807) is 36.3 Å². The van der Waals surface area contributed by atoms with E-state index in [0.29, 0.717) is 36.8 Å². The number of amides is 2. The second kappa shape index (κ2) is 14.1. The van der Waals surface area contributed by atoms with E-state index in [1.165, 1.54) is 0 Å². The first-order valence-electron chi connectivity index (χ1n) is 11.6. The molecule has 0 bridgehead atoms. The molecule has 0 unspecified atom stereocenters. The van der Waals surface area contributed by atoms with Crippen LogP contribution in [0.5, 0.6) is 5.75 Å². The van der Waals surface area contributed by atoms with Crippen molar-refractivity contribution in [2.75, 3.05) is 26.9 Å². The minimum Gasteiger partial charge on any atom is -0.484 e. The van der Waals surface area contributed by atoms with Crippen LogP contribution in [0.2, 0.25) is 5.02 Å². The van der Waals surface area contributed by atoms with Gasteiger partial charge in [-0.15, -0.1) is 0 Å². The van der Waals surface area contributed by atoms with E-state index >= 15 is 0 Å². The van der Waals surface area contributed by atoms with Crippen LogP contribution in [0.25, 0.3) is 0 Å². The lowest BCUT2D eigenvalue weighted by Gasteiger charge is -2.31. The Labute approximate surface area is 211 Å². The molecule has 35 heavy (non-hydrogen) atoms. The molecule has 6 nitrogen and oxygen atoms in total. The van der Waals surface area contributed by atoms with E-state index in [9.17, 15) is 9.59 Å². The summed E-state index contributed by atoms with van der Waals surface area (Å²) in [6, 6.07) is 25.4. The van der Waals surface area contributed by atoms with Crippen molar-refractivity contribution in [2.24, 2.45) is 0 Å². The Kier molecular flexibility index (Phi) is 10.6. The Bertz CT molecular complexity index is 1050. The molecule has 0 aliphatic heterocycles. The number of carbonyl (C=O) groups is 2. The number of hydrogen-bond acceptors (Lipinski definition) is 4. The van der Waals surface area contributed by atoms with Gasteiger partial charge in [0.2, 0.25) is 5.91 Å². The van der Waals surface area contributed by atoms with E-state index < -0.39 is 6.04 Å². The normalized spacial score (nSPS) is 11.5. The van der Waals surface area contributed by atoms with E-state index in [0.717, 1.165) is 11.1 Å². The number of rotatable bonds is 13. The van der Waals surface area contributed by atoms with Crippen molar-refractivity contribution in [3.63, 3.8) is 0 Å². The highest BCUT2D eigenvalue weighted by Gasteiger charge is 2.30. The van der Waals surface area contributed by atoms with Crippen LogP contribution in [0.1, 0.15) is 17.5 Å². The molecule has 3 aromatic rings.